The van der Waals surface area contributed by atoms with E-state index >= 15 is 0 Å². The van der Waals surface area contributed by atoms with Gasteiger partial charge in [-0.25, -0.2) is 0 Å². The molecule has 0 spiro atoms. The van der Waals surface area contributed by atoms with E-state index in [0.717, 1.165) is 10.9 Å². The van der Waals surface area contributed by atoms with Gasteiger partial charge in [0, 0.05) is 0 Å². The highest BCUT2D eigenvalue weighted by Crippen LogP contribution is 2.19. The number of hydrogen-bond acceptors (Lipinski definition) is 2. The molecule has 0 aliphatic heterocycles. The number of nitrogens with zero attached hydrogens (tertiary/aromatic N) is 1. The topological polar surface area (TPSA) is 23.8 Å². The average molecular weight is 159 g/mol. The number of thiophene rings is 1. The van der Waals surface area contributed by atoms with E-state index in [2.05, 4.69) is 16.8 Å². The second-order valence-electron chi connectivity index (χ2n) is 2.33. The molecule has 0 fully saturated rings. The van der Waals surface area contributed by atoms with Crippen molar-refractivity contribution in [3.63, 3.8) is 0 Å². The number of nitriles is 1. The summed E-state index contributed by atoms with van der Waals surface area (Å²) in [5.74, 6) is 0. The van der Waals surface area contributed by atoms with Crippen molar-refractivity contribution in [2.24, 2.45) is 0 Å². The van der Waals surface area contributed by atoms with Crippen molar-refractivity contribution in [1.82, 2.24) is 0 Å². The highest BCUT2D eigenvalue weighted by molar-refractivity contribution is 7.09. The second kappa shape index (κ2) is 2.37. The van der Waals surface area contributed by atoms with Gasteiger partial charge in [0.2, 0.25) is 0 Å². The quantitative estimate of drug-likeness (QED) is 0.579. The molecule has 2 rings (SSSR count). The Bertz CT molecular complexity index is 422. The molecule has 0 aliphatic carbocycles. The zero-order valence-corrected chi connectivity index (χ0v) is 6.56. The minimum absolute atomic E-state index is 0.732. The fourth-order valence-electron chi connectivity index (χ4n) is 1.03. The van der Waals surface area contributed by atoms with Crippen LogP contribution in [0, 0.1) is 11.3 Å². The summed E-state index contributed by atoms with van der Waals surface area (Å²) in [6, 6.07) is 7.84. The number of rotatable bonds is 0. The van der Waals surface area contributed by atoms with E-state index in [1.54, 1.807) is 11.3 Å². The fraction of sp³-hybridized carbons (Fsp3) is 0. The van der Waals surface area contributed by atoms with Gasteiger partial charge in [0.05, 0.1) is 11.6 Å². The van der Waals surface area contributed by atoms with Crippen molar-refractivity contribution in [1.29, 1.82) is 5.26 Å². The third-order valence-electron chi connectivity index (χ3n) is 1.61. The van der Waals surface area contributed by atoms with Crippen molar-refractivity contribution in [3.8, 4) is 6.07 Å². The van der Waals surface area contributed by atoms with Gasteiger partial charge in [0.15, 0.2) is 0 Å². The molecule has 2 aromatic rings. The van der Waals surface area contributed by atoms with E-state index < -0.39 is 0 Å². The van der Waals surface area contributed by atoms with Crippen molar-refractivity contribution < 1.29 is 0 Å². The molecular formula is C9H5NS. The molecule has 0 saturated carbocycles. The summed E-state index contributed by atoms with van der Waals surface area (Å²) >= 11 is 1.66. The monoisotopic (exact) mass is 159 g/mol. The Hall–Kier alpha value is -1.33. The summed E-state index contributed by atoms with van der Waals surface area (Å²) in [7, 11) is 0. The lowest BCUT2D eigenvalue weighted by atomic mass is 10.1. The van der Waals surface area contributed by atoms with Gasteiger partial charge in [-0.2, -0.15) is 16.6 Å². The molecular weight excluding hydrogens is 154 g/mol. The lowest BCUT2D eigenvalue weighted by molar-refractivity contribution is 1.50. The van der Waals surface area contributed by atoms with Gasteiger partial charge < -0.3 is 0 Å². The Labute approximate surface area is 68.5 Å². The van der Waals surface area contributed by atoms with Crippen LogP contribution in [0.15, 0.2) is 29.0 Å². The van der Waals surface area contributed by atoms with Crippen LogP contribution in [0.3, 0.4) is 0 Å². The van der Waals surface area contributed by atoms with Crippen LogP contribution in [0.5, 0.6) is 0 Å². The van der Waals surface area contributed by atoms with Crippen molar-refractivity contribution in [2.75, 3.05) is 0 Å². The second-order valence-corrected chi connectivity index (χ2v) is 3.07. The number of benzene rings is 1. The van der Waals surface area contributed by atoms with Gasteiger partial charge in [-0.05, 0) is 33.7 Å². The first-order valence-corrected chi connectivity index (χ1v) is 4.20. The van der Waals surface area contributed by atoms with Crippen LogP contribution in [-0.2, 0) is 0 Å². The minimum Gasteiger partial charge on any atom is -0.192 e. The van der Waals surface area contributed by atoms with Gasteiger partial charge >= 0.3 is 0 Å². The van der Waals surface area contributed by atoms with E-state index in [1.165, 1.54) is 5.39 Å². The lowest BCUT2D eigenvalue weighted by Gasteiger charge is -1.88. The predicted octanol–water partition coefficient (Wildman–Crippen LogP) is 2.77. The summed E-state index contributed by atoms with van der Waals surface area (Å²) in [4.78, 5) is 0. The Kier molecular flexibility index (Phi) is 1.38. The third-order valence-corrected chi connectivity index (χ3v) is 2.39. The van der Waals surface area contributed by atoms with E-state index in [1.807, 2.05) is 18.2 Å². The Morgan fingerprint density at radius 2 is 2.00 bits per heavy atom. The highest BCUT2D eigenvalue weighted by Gasteiger charge is 1.94. The normalized spacial score (nSPS) is 9.73. The van der Waals surface area contributed by atoms with Crippen LogP contribution in [0.2, 0.25) is 0 Å². The van der Waals surface area contributed by atoms with Crippen LogP contribution in [0.4, 0.5) is 0 Å². The molecule has 2 heteroatoms. The third kappa shape index (κ3) is 0.997. The highest BCUT2D eigenvalue weighted by atomic mass is 32.1. The van der Waals surface area contributed by atoms with E-state index in [-0.39, 0.29) is 0 Å². The minimum atomic E-state index is 0.732. The smallest absolute Gasteiger partial charge is 0.0991 e. The molecule has 0 unspecified atom stereocenters. The molecule has 0 bridgehead atoms. The summed E-state index contributed by atoms with van der Waals surface area (Å²) < 4.78 is 0. The predicted molar refractivity (Wildman–Crippen MR) is 46.5 cm³/mol. The number of fused-ring (bicyclic) bond motifs is 1. The van der Waals surface area contributed by atoms with Crippen molar-refractivity contribution in [2.45, 2.75) is 0 Å². The first-order valence-electron chi connectivity index (χ1n) is 3.26. The van der Waals surface area contributed by atoms with Crippen LogP contribution in [-0.4, -0.2) is 0 Å². The SMILES string of the molecule is N#Cc1ccc2cscc2c1. The molecule has 0 amide bonds. The maximum Gasteiger partial charge on any atom is 0.0991 e. The van der Waals surface area contributed by atoms with Crippen molar-refractivity contribution in [3.05, 3.63) is 34.5 Å². The zero-order chi connectivity index (χ0) is 7.68. The first kappa shape index (κ1) is 6.38. The van der Waals surface area contributed by atoms with Gasteiger partial charge in [-0.1, -0.05) is 6.07 Å². The molecule has 0 N–H and O–H groups in total. The molecule has 1 nitrogen and oxygen atoms in total. The Morgan fingerprint density at radius 1 is 1.18 bits per heavy atom. The van der Waals surface area contributed by atoms with Gasteiger partial charge in [0.25, 0.3) is 0 Å². The van der Waals surface area contributed by atoms with E-state index in [0.29, 0.717) is 0 Å². The molecule has 11 heavy (non-hydrogen) atoms. The maximum atomic E-state index is 8.59. The molecule has 1 heterocycles. The molecule has 0 saturated heterocycles. The van der Waals surface area contributed by atoms with Crippen molar-refractivity contribution >= 4 is 22.1 Å². The van der Waals surface area contributed by atoms with Crippen LogP contribution < -0.4 is 0 Å². The van der Waals surface area contributed by atoms with E-state index in [4.69, 9.17) is 5.26 Å². The number of hydrogen-bond donors (Lipinski definition) is 0. The average Bonchev–Trinajstić information content (AvgIpc) is 2.50. The molecule has 52 valence electrons. The maximum absolute atomic E-state index is 8.59. The first-order chi connectivity index (χ1) is 5.40. The molecule has 1 aromatic carbocycles. The molecule has 0 radical (unpaired) electrons. The Balaban J connectivity index is 2.79. The summed E-state index contributed by atoms with van der Waals surface area (Å²) in [5, 5.41) is 15.1. The molecule has 0 aliphatic rings. The van der Waals surface area contributed by atoms with Crippen LogP contribution in [0.25, 0.3) is 10.8 Å². The fourth-order valence-corrected chi connectivity index (χ4v) is 1.81. The molecule has 0 atom stereocenters. The Morgan fingerprint density at radius 3 is 2.82 bits per heavy atom. The van der Waals surface area contributed by atoms with Crippen LogP contribution in [0.1, 0.15) is 5.56 Å². The summed E-state index contributed by atoms with van der Waals surface area (Å²) in [6.45, 7) is 0. The van der Waals surface area contributed by atoms with Crippen LogP contribution >= 0.6 is 11.3 Å². The van der Waals surface area contributed by atoms with Gasteiger partial charge in [-0.15, -0.1) is 0 Å². The summed E-state index contributed by atoms with van der Waals surface area (Å²) in [5.41, 5.74) is 0.732. The van der Waals surface area contributed by atoms with Gasteiger partial charge in [0.1, 0.15) is 0 Å². The summed E-state index contributed by atoms with van der Waals surface area (Å²) in [6.07, 6.45) is 0. The zero-order valence-electron chi connectivity index (χ0n) is 5.74. The van der Waals surface area contributed by atoms with Gasteiger partial charge in [-0.3, -0.25) is 0 Å². The van der Waals surface area contributed by atoms with E-state index in [9.17, 15) is 0 Å². The molecule has 1 aromatic heterocycles. The largest absolute Gasteiger partial charge is 0.192 e. The lowest BCUT2D eigenvalue weighted by Crippen LogP contribution is -1.70. The standard InChI is InChI=1S/C9H5NS/c10-4-7-1-2-8-5-11-6-9(8)3-7/h1-3,5-6H.